The molecule has 0 unspecified atom stereocenters. The second kappa shape index (κ2) is 7.56. The van der Waals surface area contributed by atoms with E-state index in [1.165, 1.54) is 0 Å². The Morgan fingerprint density at radius 2 is 2.04 bits per heavy atom. The molecular weight excluding hydrogens is 318 g/mol. The Balaban J connectivity index is 2.03. The molecule has 1 aromatic rings. The molecule has 0 bridgehead atoms. The Bertz CT molecular complexity index is 688. The Morgan fingerprint density at radius 3 is 2.64 bits per heavy atom. The number of piperazine rings is 1. The predicted molar refractivity (Wildman–Crippen MR) is 94.1 cm³/mol. The summed E-state index contributed by atoms with van der Waals surface area (Å²) in [6, 6.07) is 9.14. The molecule has 0 spiro atoms. The van der Waals surface area contributed by atoms with Crippen LogP contribution < -0.4 is 0 Å². The van der Waals surface area contributed by atoms with E-state index in [1.54, 1.807) is 28.0 Å². The first-order valence-corrected chi connectivity index (χ1v) is 8.46. The standard InChI is InChI=1S/C19H25N3O3/c1-14-13-21(18(24)25-19(2,3)4)10-11-22(14)17(23)16-7-5-6-15(12-16)8-9-20/h5-7,12,14H,8,10-11,13H2,1-4H3/t14-/m1/s1. The maximum atomic E-state index is 12.8. The van der Waals surface area contributed by atoms with Crippen LogP contribution in [0, 0.1) is 11.3 Å². The van der Waals surface area contributed by atoms with Crippen molar-refractivity contribution < 1.29 is 14.3 Å². The van der Waals surface area contributed by atoms with E-state index < -0.39 is 5.60 Å². The van der Waals surface area contributed by atoms with Gasteiger partial charge in [-0.1, -0.05) is 12.1 Å². The number of rotatable bonds is 2. The number of nitrogens with zero attached hydrogens (tertiary/aromatic N) is 3. The Kier molecular flexibility index (Phi) is 5.68. The van der Waals surface area contributed by atoms with Gasteiger partial charge in [0.15, 0.2) is 0 Å². The Morgan fingerprint density at radius 1 is 1.32 bits per heavy atom. The minimum atomic E-state index is -0.533. The van der Waals surface area contributed by atoms with E-state index in [0.29, 0.717) is 25.2 Å². The van der Waals surface area contributed by atoms with Gasteiger partial charge in [0.1, 0.15) is 5.60 Å². The molecule has 6 heteroatoms. The fourth-order valence-electron chi connectivity index (χ4n) is 2.82. The van der Waals surface area contributed by atoms with E-state index in [0.717, 1.165) is 5.56 Å². The number of benzene rings is 1. The molecule has 2 rings (SSSR count). The van der Waals surface area contributed by atoms with Gasteiger partial charge < -0.3 is 14.5 Å². The van der Waals surface area contributed by atoms with Crippen molar-refractivity contribution in [2.75, 3.05) is 19.6 Å². The number of ether oxygens (including phenoxy) is 1. The number of amides is 2. The van der Waals surface area contributed by atoms with Crippen molar-refractivity contribution in [3.8, 4) is 6.07 Å². The lowest BCUT2D eigenvalue weighted by molar-refractivity contribution is 0.00617. The van der Waals surface area contributed by atoms with Gasteiger partial charge in [-0.15, -0.1) is 0 Å². The maximum absolute atomic E-state index is 12.8. The van der Waals surface area contributed by atoms with Gasteiger partial charge in [0.05, 0.1) is 12.5 Å². The van der Waals surface area contributed by atoms with E-state index >= 15 is 0 Å². The minimum Gasteiger partial charge on any atom is -0.444 e. The molecule has 2 amide bonds. The molecule has 134 valence electrons. The first-order chi connectivity index (χ1) is 11.7. The van der Waals surface area contributed by atoms with Crippen LogP contribution in [0.25, 0.3) is 0 Å². The SMILES string of the molecule is C[C@@H]1CN(C(=O)OC(C)(C)C)CCN1C(=O)c1cccc(CC#N)c1. The van der Waals surface area contributed by atoms with Crippen molar-refractivity contribution in [1.82, 2.24) is 9.80 Å². The molecular formula is C19H25N3O3. The summed E-state index contributed by atoms with van der Waals surface area (Å²) in [6.07, 6.45) is -0.0641. The molecule has 1 fully saturated rings. The predicted octanol–water partition coefficient (Wildman–Crippen LogP) is 2.83. The first-order valence-electron chi connectivity index (χ1n) is 8.46. The van der Waals surface area contributed by atoms with E-state index in [2.05, 4.69) is 6.07 Å². The fraction of sp³-hybridized carbons (Fsp3) is 0.526. The number of carbonyl (C=O) groups is 2. The number of hydrogen-bond acceptors (Lipinski definition) is 4. The van der Waals surface area contributed by atoms with Crippen LogP contribution in [0.15, 0.2) is 24.3 Å². The monoisotopic (exact) mass is 343 g/mol. The molecule has 0 N–H and O–H groups in total. The van der Waals surface area contributed by atoms with Crippen LogP contribution >= 0.6 is 0 Å². The summed E-state index contributed by atoms with van der Waals surface area (Å²) in [6.45, 7) is 8.78. The van der Waals surface area contributed by atoms with Crippen molar-refractivity contribution >= 4 is 12.0 Å². The molecule has 1 aliphatic rings. The van der Waals surface area contributed by atoms with Crippen molar-refractivity contribution in [2.45, 2.75) is 45.8 Å². The lowest BCUT2D eigenvalue weighted by Gasteiger charge is -2.40. The second-order valence-electron chi connectivity index (χ2n) is 7.31. The van der Waals surface area contributed by atoms with Crippen molar-refractivity contribution in [3.05, 3.63) is 35.4 Å². The summed E-state index contributed by atoms with van der Waals surface area (Å²) in [5, 5.41) is 8.81. The molecule has 1 aliphatic heterocycles. The zero-order valence-electron chi connectivity index (χ0n) is 15.3. The zero-order valence-corrected chi connectivity index (χ0v) is 15.3. The molecule has 1 saturated heterocycles. The van der Waals surface area contributed by atoms with E-state index in [-0.39, 0.29) is 24.5 Å². The van der Waals surface area contributed by atoms with Crippen LogP contribution in [-0.2, 0) is 11.2 Å². The van der Waals surface area contributed by atoms with Crippen molar-refractivity contribution in [1.29, 1.82) is 5.26 Å². The lowest BCUT2D eigenvalue weighted by atomic mass is 10.1. The average Bonchev–Trinajstić information content (AvgIpc) is 2.53. The van der Waals surface area contributed by atoms with Gasteiger partial charge >= 0.3 is 6.09 Å². The molecule has 0 radical (unpaired) electrons. The van der Waals surface area contributed by atoms with Crippen molar-refractivity contribution in [2.24, 2.45) is 0 Å². The molecule has 0 saturated carbocycles. The summed E-state index contributed by atoms with van der Waals surface area (Å²) in [5.74, 6) is -0.0730. The third kappa shape index (κ3) is 4.96. The van der Waals surface area contributed by atoms with E-state index in [4.69, 9.17) is 10.00 Å². The molecule has 1 aromatic carbocycles. The van der Waals surface area contributed by atoms with Crippen LogP contribution in [0.4, 0.5) is 4.79 Å². The van der Waals surface area contributed by atoms with Crippen molar-refractivity contribution in [3.63, 3.8) is 0 Å². The largest absolute Gasteiger partial charge is 0.444 e. The van der Waals surface area contributed by atoms with Crippen LogP contribution in [0.3, 0.4) is 0 Å². The molecule has 0 aromatic heterocycles. The summed E-state index contributed by atoms with van der Waals surface area (Å²) < 4.78 is 5.40. The van der Waals surface area contributed by atoms with Crippen LogP contribution in [0.5, 0.6) is 0 Å². The lowest BCUT2D eigenvalue weighted by Crippen LogP contribution is -2.56. The minimum absolute atomic E-state index is 0.0730. The number of carbonyl (C=O) groups excluding carboxylic acids is 2. The third-order valence-electron chi connectivity index (χ3n) is 4.00. The van der Waals surface area contributed by atoms with Gasteiger partial charge in [0.2, 0.25) is 0 Å². The molecule has 1 atom stereocenters. The van der Waals surface area contributed by atoms with Gasteiger partial charge in [0.25, 0.3) is 5.91 Å². The highest BCUT2D eigenvalue weighted by atomic mass is 16.6. The summed E-state index contributed by atoms with van der Waals surface area (Å²) >= 11 is 0. The molecule has 25 heavy (non-hydrogen) atoms. The quantitative estimate of drug-likeness (QED) is 0.827. The Hall–Kier alpha value is -2.55. The van der Waals surface area contributed by atoms with E-state index in [9.17, 15) is 9.59 Å². The molecule has 6 nitrogen and oxygen atoms in total. The fourth-order valence-corrected chi connectivity index (χ4v) is 2.82. The summed E-state index contributed by atoms with van der Waals surface area (Å²) in [7, 11) is 0. The normalized spacial score (nSPS) is 17.8. The highest BCUT2D eigenvalue weighted by Gasteiger charge is 2.32. The Labute approximate surface area is 149 Å². The van der Waals surface area contributed by atoms with Gasteiger partial charge in [-0.2, -0.15) is 5.26 Å². The van der Waals surface area contributed by atoms with Gasteiger partial charge in [0, 0.05) is 31.2 Å². The topological polar surface area (TPSA) is 73.6 Å². The van der Waals surface area contributed by atoms with E-state index in [1.807, 2.05) is 33.8 Å². The third-order valence-corrected chi connectivity index (χ3v) is 4.00. The van der Waals surface area contributed by atoms with Gasteiger partial charge in [-0.3, -0.25) is 4.79 Å². The van der Waals surface area contributed by atoms with Crippen LogP contribution in [0.1, 0.15) is 43.6 Å². The second-order valence-corrected chi connectivity index (χ2v) is 7.31. The maximum Gasteiger partial charge on any atom is 0.410 e. The first kappa shape index (κ1) is 18.8. The smallest absolute Gasteiger partial charge is 0.410 e. The van der Waals surface area contributed by atoms with Crippen LogP contribution in [-0.4, -0.2) is 53.1 Å². The number of hydrogen-bond donors (Lipinski definition) is 0. The number of nitriles is 1. The summed E-state index contributed by atoms with van der Waals surface area (Å²) in [5.41, 5.74) is 0.868. The average molecular weight is 343 g/mol. The molecule has 0 aliphatic carbocycles. The highest BCUT2D eigenvalue weighted by Crippen LogP contribution is 2.18. The van der Waals surface area contributed by atoms with Gasteiger partial charge in [-0.05, 0) is 45.4 Å². The van der Waals surface area contributed by atoms with Crippen LogP contribution in [0.2, 0.25) is 0 Å². The van der Waals surface area contributed by atoms with Gasteiger partial charge in [-0.25, -0.2) is 4.79 Å². The highest BCUT2D eigenvalue weighted by molar-refractivity contribution is 5.94. The summed E-state index contributed by atoms with van der Waals surface area (Å²) in [4.78, 5) is 28.4. The molecule has 1 heterocycles. The zero-order chi connectivity index (χ0) is 18.6.